The van der Waals surface area contributed by atoms with Crippen molar-refractivity contribution in [2.24, 2.45) is 0 Å². The van der Waals surface area contributed by atoms with E-state index in [0.29, 0.717) is 11.1 Å². The summed E-state index contributed by atoms with van der Waals surface area (Å²) in [7, 11) is 0. The summed E-state index contributed by atoms with van der Waals surface area (Å²) in [5.41, 5.74) is 0.496. The number of benzene rings is 1. The summed E-state index contributed by atoms with van der Waals surface area (Å²) in [6.45, 7) is 7.16. The third-order valence-corrected chi connectivity index (χ3v) is 2.56. The van der Waals surface area contributed by atoms with Crippen LogP contribution in [0.3, 0.4) is 0 Å². The predicted octanol–water partition coefficient (Wildman–Crippen LogP) is 4.79. The normalized spacial score (nSPS) is 12.6. The van der Waals surface area contributed by atoms with Crippen LogP contribution in [-0.2, 0) is 6.18 Å². The van der Waals surface area contributed by atoms with Crippen molar-refractivity contribution in [3.63, 3.8) is 0 Å². The number of alkyl halides is 3. The monoisotopic (exact) mass is 229 g/mol. The van der Waals surface area contributed by atoms with Gasteiger partial charge in [0, 0.05) is 0 Å². The lowest BCUT2D eigenvalue weighted by Gasteiger charge is -2.17. The van der Waals surface area contributed by atoms with Gasteiger partial charge in [0.05, 0.1) is 5.56 Å². The molecule has 1 aromatic carbocycles. The standard InChI is InChI=1S/C13H16F3/c1-8(2)10-5-6-11(9(3)4)12(7-10)13(14,15)16/h5-7,9H,1-4H3. The third-order valence-electron chi connectivity index (χ3n) is 2.56. The Hall–Kier alpha value is -0.990. The summed E-state index contributed by atoms with van der Waals surface area (Å²) >= 11 is 0. The molecule has 1 aromatic rings. The van der Waals surface area contributed by atoms with E-state index in [2.05, 4.69) is 0 Å². The Bertz CT molecular complexity index is 362. The van der Waals surface area contributed by atoms with Crippen molar-refractivity contribution in [1.29, 1.82) is 0 Å². The minimum absolute atomic E-state index is 0.122. The summed E-state index contributed by atoms with van der Waals surface area (Å²) in [4.78, 5) is 0. The summed E-state index contributed by atoms with van der Waals surface area (Å²) in [6.07, 6.45) is -4.27. The first-order chi connectivity index (χ1) is 7.23. The van der Waals surface area contributed by atoms with E-state index in [1.54, 1.807) is 26.0 Å². The SMILES string of the molecule is C[C](C)c1ccc(C(C)C)c(C(F)(F)F)c1. The smallest absolute Gasteiger partial charge is 0.166 e. The second-order valence-corrected chi connectivity index (χ2v) is 4.45. The van der Waals surface area contributed by atoms with Crippen molar-refractivity contribution in [1.82, 2.24) is 0 Å². The van der Waals surface area contributed by atoms with Gasteiger partial charge in [0.2, 0.25) is 0 Å². The molecule has 0 saturated carbocycles. The summed E-state index contributed by atoms with van der Waals surface area (Å²) in [5, 5.41) is 0. The molecule has 1 radical (unpaired) electrons. The van der Waals surface area contributed by atoms with Gasteiger partial charge >= 0.3 is 6.18 Å². The average molecular weight is 229 g/mol. The molecule has 0 atom stereocenters. The van der Waals surface area contributed by atoms with E-state index in [-0.39, 0.29) is 5.92 Å². The molecule has 0 saturated heterocycles. The van der Waals surface area contributed by atoms with E-state index in [1.165, 1.54) is 6.07 Å². The first-order valence-electron chi connectivity index (χ1n) is 5.25. The highest BCUT2D eigenvalue weighted by molar-refractivity contribution is 5.40. The highest BCUT2D eigenvalue weighted by atomic mass is 19.4. The second kappa shape index (κ2) is 4.48. The fourth-order valence-corrected chi connectivity index (χ4v) is 1.62. The summed E-state index contributed by atoms with van der Waals surface area (Å²) in [5.74, 6) is 0.767. The number of hydrogen-bond acceptors (Lipinski definition) is 0. The van der Waals surface area contributed by atoms with Gasteiger partial charge in [-0.05, 0) is 29.0 Å². The minimum atomic E-state index is -4.27. The molecule has 0 nitrogen and oxygen atoms in total. The molecule has 0 amide bonds. The zero-order valence-corrected chi connectivity index (χ0v) is 9.94. The molecule has 0 aromatic heterocycles. The Morgan fingerprint density at radius 3 is 2.06 bits per heavy atom. The number of hydrogen-bond donors (Lipinski definition) is 0. The topological polar surface area (TPSA) is 0 Å². The van der Waals surface area contributed by atoms with Crippen LogP contribution < -0.4 is 0 Å². The van der Waals surface area contributed by atoms with E-state index in [4.69, 9.17) is 0 Å². The van der Waals surface area contributed by atoms with Gasteiger partial charge in [0.1, 0.15) is 0 Å². The third kappa shape index (κ3) is 2.77. The number of rotatable bonds is 2. The van der Waals surface area contributed by atoms with E-state index in [1.807, 2.05) is 13.8 Å². The van der Waals surface area contributed by atoms with Crippen molar-refractivity contribution in [2.45, 2.75) is 39.8 Å². The highest BCUT2D eigenvalue weighted by Crippen LogP contribution is 2.36. The van der Waals surface area contributed by atoms with Crippen LogP contribution in [-0.4, -0.2) is 0 Å². The van der Waals surface area contributed by atoms with Gasteiger partial charge in [-0.1, -0.05) is 39.8 Å². The maximum Gasteiger partial charge on any atom is 0.416 e. The molecule has 0 unspecified atom stereocenters. The van der Waals surface area contributed by atoms with Gasteiger partial charge in [0.15, 0.2) is 0 Å². The second-order valence-electron chi connectivity index (χ2n) is 4.45. The quantitative estimate of drug-likeness (QED) is 0.683. The molecule has 0 N–H and O–H groups in total. The van der Waals surface area contributed by atoms with Crippen molar-refractivity contribution >= 4 is 0 Å². The Labute approximate surface area is 94.5 Å². The van der Waals surface area contributed by atoms with E-state index in [9.17, 15) is 13.2 Å². The molecular weight excluding hydrogens is 213 g/mol. The molecule has 0 aliphatic carbocycles. The molecule has 0 aliphatic heterocycles. The van der Waals surface area contributed by atoms with Crippen LogP contribution in [0.1, 0.15) is 50.3 Å². The molecule has 0 aliphatic rings. The zero-order chi connectivity index (χ0) is 12.5. The summed E-state index contributed by atoms with van der Waals surface area (Å²) < 4.78 is 38.5. The molecule has 0 fully saturated rings. The van der Waals surface area contributed by atoms with Crippen molar-refractivity contribution in [3.8, 4) is 0 Å². The fourth-order valence-electron chi connectivity index (χ4n) is 1.62. The Morgan fingerprint density at radius 1 is 1.12 bits per heavy atom. The minimum Gasteiger partial charge on any atom is -0.166 e. The number of halogens is 3. The lowest BCUT2D eigenvalue weighted by Crippen LogP contribution is -2.11. The molecule has 16 heavy (non-hydrogen) atoms. The van der Waals surface area contributed by atoms with E-state index in [0.717, 1.165) is 5.92 Å². The molecule has 0 bridgehead atoms. The molecule has 0 heterocycles. The maximum atomic E-state index is 12.8. The van der Waals surface area contributed by atoms with E-state index >= 15 is 0 Å². The predicted molar refractivity (Wildman–Crippen MR) is 59.2 cm³/mol. The van der Waals surface area contributed by atoms with Crippen molar-refractivity contribution < 1.29 is 13.2 Å². The lowest BCUT2D eigenvalue weighted by atomic mass is 9.92. The largest absolute Gasteiger partial charge is 0.416 e. The van der Waals surface area contributed by atoms with Crippen LogP contribution in [0, 0.1) is 5.92 Å². The summed E-state index contributed by atoms with van der Waals surface area (Å²) in [6, 6.07) is 4.57. The average Bonchev–Trinajstić information content (AvgIpc) is 2.15. The van der Waals surface area contributed by atoms with Gasteiger partial charge in [-0.15, -0.1) is 0 Å². The Morgan fingerprint density at radius 2 is 1.69 bits per heavy atom. The molecule has 1 rings (SSSR count). The van der Waals surface area contributed by atoms with Gasteiger partial charge < -0.3 is 0 Å². The fraction of sp³-hybridized carbons (Fsp3) is 0.462. The van der Waals surface area contributed by atoms with Crippen LogP contribution in [0.15, 0.2) is 18.2 Å². The van der Waals surface area contributed by atoms with E-state index < -0.39 is 11.7 Å². The first-order valence-corrected chi connectivity index (χ1v) is 5.25. The van der Waals surface area contributed by atoms with Crippen molar-refractivity contribution in [3.05, 3.63) is 40.8 Å². The highest BCUT2D eigenvalue weighted by Gasteiger charge is 2.34. The lowest BCUT2D eigenvalue weighted by molar-refractivity contribution is -0.138. The van der Waals surface area contributed by atoms with Gasteiger partial charge in [-0.3, -0.25) is 0 Å². The molecule has 3 heteroatoms. The van der Waals surface area contributed by atoms with Crippen molar-refractivity contribution in [2.75, 3.05) is 0 Å². The Kier molecular flexibility index (Phi) is 3.66. The molecule has 89 valence electrons. The Balaban J connectivity index is 3.33. The van der Waals surface area contributed by atoms with Gasteiger partial charge in [-0.2, -0.15) is 13.2 Å². The van der Waals surface area contributed by atoms with Crippen LogP contribution in [0.5, 0.6) is 0 Å². The van der Waals surface area contributed by atoms with Gasteiger partial charge in [0.25, 0.3) is 0 Å². The van der Waals surface area contributed by atoms with Crippen LogP contribution in [0.25, 0.3) is 0 Å². The molecule has 0 spiro atoms. The van der Waals surface area contributed by atoms with Crippen LogP contribution in [0.2, 0.25) is 0 Å². The van der Waals surface area contributed by atoms with Crippen LogP contribution >= 0.6 is 0 Å². The van der Waals surface area contributed by atoms with Gasteiger partial charge in [-0.25, -0.2) is 0 Å². The van der Waals surface area contributed by atoms with Crippen LogP contribution in [0.4, 0.5) is 13.2 Å². The zero-order valence-electron chi connectivity index (χ0n) is 9.94. The molecular formula is C13H16F3. The maximum absolute atomic E-state index is 12.8. The first kappa shape index (κ1) is 13.1.